The number of carbonyl (C=O) groups excluding carboxylic acids is 1. The van der Waals surface area contributed by atoms with Crippen LogP contribution in [-0.4, -0.2) is 51.9 Å². The van der Waals surface area contributed by atoms with Gasteiger partial charge in [-0.05, 0) is 36.8 Å². The lowest BCUT2D eigenvalue weighted by Gasteiger charge is -2.37. The van der Waals surface area contributed by atoms with Gasteiger partial charge in [-0.2, -0.15) is 4.31 Å². The molecule has 8 nitrogen and oxygen atoms in total. The lowest BCUT2D eigenvalue weighted by Crippen LogP contribution is -2.54. The third-order valence-electron chi connectivity index (χ3n) is 5.56. The maximum Gasteiger partial charge on any atom is 0.268 e. The third-order valence-corrected chi connectivity index (χ3v) is 7.28. The fourth-order valence-electron chi connectivity index (χ4n) is 4.19. The molecule has 0 aromatic carbocycles. The van der Waals surface area contributed by atoms with Crippen molar-refractivity contribution < 1.29 is 13.2 Å². The highest BCUT2D eigenvalue weighted by Crippen LogP contribution is 2.38. The quantitative estimate of drug-likeness (QED) is 0.844. The van der Waals surface area contributed by atoms with Crippen LogP contribution in [0.5, 0.6) is 0 Å². The van der Waals surface area contributed by atoms with E-state index < -0.39 is 10.0 Å². The van der Waals surface area contributed by atoms with Gasteiger partial charge < -0.3 is 14.5 Å². The highest BCUT2D eigenvalue weighted by molar-refractivity contribution is 7.89. The second-order valence-electron chi connectivity index (χ2n) is 7.30. The third kappa shape index (κ3) is 2.84. The first-order chi connectivity index (χ1) is 12.4. The SMILES string of the molecule is Cn1cnc(S(=O)(=O)N2C[C@H]3CC[C@@H](C2)C3NC(=O)c2cccn2C)c1. The number of nitrogens with one attached hydrogen (secondary N) is 1. The number of aryl methyl sites for hydroxylation is 2. The second-order valence-corrected chi connectivity index (χ2v) is 9.19. The molecular weight excluding hydrogens is 354 g/mol. The van der Waals surface area contributed by atoms with Gasteiger partial charge in [-0.1, -0.05) is 0 Å². The standard InChI is InChI=1S/C17H23N5O3S/c1-20-10-15(18-11-20)26(24,25)22-8-12-5-6-13(9-22)16(12)19-17(23)14-4-3-7-21(14)2/h3-4,7,10-13,16H,5-6,8-9H2,1-2H3,(H,19,23)/t12-,13+,16?. The molecule has 1 amide bonds. The number of aromatic nitrogens is 3. The van der Waals surface area contributed by atoms with Gasteiger partial charge in [-0.3, -0.25) is 4.79 Å². The Morgan fingerprint density at radius 3 is 2.46 bits per heavy atom. The Morgan fingerprint density at radius 2 is 1.92 bits per heavy atom. The van der Waals surface area contributed by atoms with E-state index in [1.165, 1.54) is 16.8 Å². The van der Waals surface area contributed by atoms with Crippen LogP contribution in [0.4, 0.5) is 0 Å². The van der Waals surface area contributed by atoms with Crippen molar-refractivity contribution in [3.8, 4) is 0 Å². The number of sulfonamides is 1. The monoisotopic (exact) mass is 377 g/mol. The second kappa shape index (κ2) is 6.24. The fourth-order valence-corrected chi connectivity index (χ4v) is 5.71. The predicted molar refractivity (Wildman–Crippen MR) is 94.8 cm³/mol. The van der Waals surface area contributed by atoms with Crippen molar-refractivity contribution in [2.24, 2.45) is 25.9 Å². The number of amides is 1. The van der Waals surface area contributed by atoms with E-state index in [9.17, 15) is 13.2 Å². The van der Waals surface area contributed by atoms with Crippen LogP contribution in [0.25, 0.3) is 0 Å². The topological polar surface area (TPSA) is 89.2 Å². The largest absolute Gasteiger partial charge is 0.347 e. The normalized spacial score (nSPS) is 26.2. The van der Waals surface area contributed by atoms with Gasteiger partial charge in [0, 0.05) is 45.6 Å². The van der Waals surface area contributed by atoms with Crippen LogP contribution in [0.3, 0.4) is 0 Å². The van der Waals surface area contributed by atoms with E-state index in [-0.39, 0.29) is 28.8 Å². The van der Waals surface area contributed by atoms with Crippen LogP contribution in [0.15, 0.2) is 35.9 Å². The van der Waals surface area contributed by atoms with E-state index in [0.717, 1.165) is 12.8 Å². The Kier molecular flexibility index (Phi) is 4.15. The zero-order chi connectivity index (χ0) is 18.5. The molecule has 140 valence electrons. The van der Waals surface area contributed by atoms with Crippen LogP contribution >= 0.6 is 0 Å². The van der Waals surface area contributed by atoms with Crippen molar-refractivity contribution in [2.45, 2.75) is 23.9 Å². The van der Waals surface area contributed by atoms with Crippen LogP contribution in [0.2, 0.25) is 0 Å². The number of carbonyl (C=O) groups is 1. The lowest BCUT2D eigenvalue weighted by atomic mass is 9.93. The maximum atomic E-state index is 12.8. The zero-order valence-electron chi connectivity index (χ0n) is 14.9. The maximum absolute atomic E-state index is 12.8. The summed E-state index contributed by atoms with van der Waals surface area (Å²) in [4.78, 5) is 16.5. The van der Waals surface area contributed by atoms with Gasteiger partial charge in [0.1, 0.15) is 5.69 Å². The molecule has 26 heavy (non-hydrogen) atoms. The molecule has 9 heteroatoms. The molecule has 2 aromatic heterocycles. The first-order valence-corrected chi connectivity index (χ1v) is 10.2. The van der Waals surface area contributed by atoms with Crippen LogP contribution in [0.1, 0.15) is 23.3 Å². The highest BCUT2D eigenvalue weighted by atomic mass is 32.2. The molecule has 1 saturated carbocycles. The van der Waals surface area contributed by atoms with Gasteiger partial charge in [0.05, 0.1) is 6.33 Å². The summed E-state index contributed by atoms with van der Waals surface area (Å²) in [5.74, 6) is 0.174. The fraction of sp³-hybridized carbons (Fsp3) is 0.529. The molecule has 4 rings (SSSR count). The van der Waals surface area contributed by atoms with Crippen molar-refractivity contribution in [1.82, 2.24) is 23.7 Å². The first kappa shape index (κ1) is 17.3. The summed E-state index contributed by atoms with van der Waals surface area (Å²) >= 11 is 0. The Bertz CT molecular complexity index is 918. The number of hydrogen-bond acceptors (Lipinski definition) is 4. The van der Waals surface area contributed by atoms with Gasteiger partial charge >= 0.3 is 0 Å². The average molecular weight is 377 g/mol. The molecule has 3 heterocycles. The molecule has 1 N–H and O–H groups in total. The summed E-state index contributed by atoms with van der Waals surface area (Å²) in [5, 5.41) is 3.23. The molecule has 2 aromatic rings. The zero-order valence-corrected chi connectivity index (χ0v) is 15.7. The molecule has 1 unspecified atom stereocenters. The van der Waals surface area contributed by atoms with Crippen molar-refractivity contribution in [1.29, 1.82) is 0 Å². The van der Waals surface area contributed by atoms with Crippen molar-refractivity contribution in [3.05, 3.63) is 36.5 Å². The highest BCUT2D eigenvalue weighted by Gasteiger charge is 2.46. The molecule has 0 radical (unpaired) electrons. The molecule has 1 saturated heterocycles. The van der Waals surface area contributed by atoms with Crippen LogP contribution < -0.4 is 5.32 Å². The Balaban J connectivity index is 1.49. The summed E-state index contributed by atoms with van der Waals surface area (Å²) in [6.07, 6.45) is 6.72. The molecule has 2 aliphatic rings. The lowest BCUT2D eigenvalue weighted by molar-refractivity contribution is 0.0879. The summed E-state index contributed by atoms with van der Waals surface area (Å²) in [6, 6.07) is 3.65. The molecule has 3 atom stereocenters. The van der Waals surface area contributed by atoms with Crippen LogP contribution in [0, 0.1) is 11.8 Å². The molecular formula is C17H23N5O3S. The summed E-state index contributed by atoms with van der Waals surface area (Å²) in [6.45, 7) is 0.848. The Labute approximate surface area is 152 Å². The van der Waals surface area contributed by atoms with E-state index >= 15 is 0 Å². The predicted octanol–water partition coefficient (Wildman–Crippen LogP) is 0.588. The summed E-state index contributed by atoms with van der Waals surface area (Å²) in [7, 11) is 0.00561. The average Bonchev–Trinajstić information content (AvgIpc) is 3.26. The van der Waals surface area contributed by atoms with E-state index in [1.54, 1.807) is 22.2 Å². The number of hydrogen-bond donors (Lipinski definition) is 1. The minimum atomic E-state index is -3.58. The number of piperidine rings is 1. The van der Waals surface area contributed by atoms with Gasteiger partial charge in [0.25, 0.3) is 15.9 Å². The van der Waals surface area contributed by atoms with Gasteiger partial charge in [-0.25, -0.2) is 13.4 Å². The molecule has 0 spiro atoms. The minimum Gasteiger partial charge on any atom is -0.347 e. The molecule has 1 aliphatic carbocycles. The molecule has 2 bridgehead atoms. The van der Waals surface area contributed by atoms with Crippen molar-refractivity contribution in [3.63, 3.8) is 0 Å². The van der Waals surface area contributed by atoms with E-state index in [4.69, 9.17) is 0 Å². The van der Waals surface area contributed by atoms with Gasteiger partial charge in [-0.15, -0.1) is 0 Å². The van der Waals surface area contributed by atoms with Crippen molar-refractivity contribution in [2.75, 3.05) is 13.1 Å². The number of imidazole rings is 1. The smallest absolute Gasteiger partial charge is 0.268 e. The van der Waals surface area contributed by atoms with Gasteiger partial charge in [0.15, 0.2) is 5.03 Å². The molecule has 1 aliphatic heterocycles. The number of rotatable bonds is 4. The Morgan fingerprint density at radius 1 is 1.23 bits per heavy atom. The Hall–Kier alpha value is -2.13. The number of nitrogens with zero attached hydrogens (tertiary/aromatic N) is 4. The summed E-state index contributed by atoms with van der Waals surface area (Å²) < 4.78 is 30.6. The van der Waals surface area contributed by atoms with E-state index in [1.807, 2.05) is 19.3 Å². The number of fused-ring (bicyclic) bond motifs is 2. The summed E-state index contributed by atoms with van der Waals surface area (Å²) in [5.41, 5.74) is 0.618. The van der Waals surface area contributed by atoms with E-state index in [2.05, 4.69) is 10.3 Å². The van der Waals surface area contributed by atoms with Crippen LogP contribution in [-0.2, 0) is 24.1 Å². The first-order valence-electron chi connectivity index (χ1n) is 8.76. The van der Waals surface area contributed by atoms with Gasteiger partial charge in [0.2, 0.25) is 0 Å². The van der Waals surface area contributed by atoms with Crippen molar-refractivity contribution >= 4 is 15.9 Å². The minimum absolute atomic E-state index is 0.0209. The molecule has 2 fully saturated rings. The van der Waals surface area contributed by atoms with E-state index in [0.29, 0.717) is 18.8 Å².